The SMILES string of the molecule is CCS(=O)(=O)c1ccc(O)c(N=Nc2c(O)ccc3ccc(N(C)C(=O)OC)cc23)c1.CCS(=O)(=O)c1ccc(O)c(N=Nc2c(O)ccc3ccc(N(C)C(=O)OC)cc23)c1.[Co].[Na+]. The first-order valence-electron chi connectivity index (χ1n) is 18.5. The summed E-state index contributed by atoms with van der Waals surface area (Å²) in [7, 11) is -1.39. The number of hydrogen-bond donors (Lipinski definition) is 4. The molecule has 0 aliphatic carbocycles. The maximum atomic E-state index is 12.1. The van der Waals surface area contributed by atoms with Gasteiger partial charge < -0.3 is 29.9 Å². The van der Waals surface area contributed by atoms with Crippen molar-refractivity contribution >= 4 is 87.5 Å². The van der Waals surface area contributed by atoms with Crippen LogP contribution in [0.2, 0.25) is 0 Å². The van der Waals surface area contributed by atoms with Crippen LogP contribution in [0, 0.1) is 0 Å². The summed E-state index contributed by atoms with van der Waals surface area (Å²) >= 11 is 0. The maximum absolute atomic E-state index is 12.1. The molecule has 0 spiro atoms. The summed E-state index contributed by atoms with van der Waals surface area (Å²) in [4.78, 5) is 26.2. The van der Waals surface area contributed by atoms with E-state index in [4.69, 9.17) is 9.47 Å². The molecular formula is C42H42CoN6NaO12S2+. The van der Waals surface area contributed by atoms with Crippen LogP contribution in [-0.2, 0) is 45.9 Å². The molecule has 333 valence electrons. The summed E-state index contributed by atoms with van der Waals surface area (Å²) in [6.45, 7) is 3.03. The molecule has 64 heavy (non-hydrogen) atoms. The number of amides is 2. The number of phenols is 4. The largest absolute Gasteiger partial charge is 1.00 e. The van der Waals surface area contributed by atoms with E-state index >= 15 is 0 Å². The van der Waals surface area contributed by atoms with Crippen LogP contribution in [0.4, 0.5) is 43.7 Å². The molecule has 4 N–H and O–H groups in total. The van der Waals surface area contributed by atoms with E-state index in [2.05, 4.69) is 20.5 Å². The Morgan fingerprint density at radius 1 is 0.531 bits per heavy atom. The number of sulfone groups is 2. The van der Waals surface area contributed by atoms with Gasteiger partial charge in [-0.2, -0.15) is 0 Å². The number of anilines is 2. The maximum Gasteiger partial charge on any atom is 1.00 e. The van der Waals surface area contributed by atoms with Gasteiger partial charge in [-0.05, 0) is 83.6 Å². The van der Waals surface area contributed by atoms with Gasteiger partial charge in [0.2, 0.25) is 0 Å². The average Bonchev–Trinajstić information content (AvgIpc) is 3.27. The molecule has 0 aliphatic heterocycles. The van der Waals surface area contributed by atoms with E-state index in [1.165, 1.54) is 100 Å². The molecule has 6 rings (SSSR count). The van der Waals surface area contributed by atoms with Gasteiger partial charge in [0, 0.05) is 53.0 Å². The number of azo groups is 2. The van der Waals surface area contributed by atoms with Crippen LogP contribution >= 0.6 is 0 Å². The van der Waals surface area contributed by atoms with Crippen molar-refractivity contribution < 1.29 is 103 Å². The number of nitrogens with zero attached hydrogens (tertiary/aromatic N) is 6. The number of benzene rings is 6. The first-order chi connectivity index (χ1) is 29.3. The molecule has 0 saturated carbocycles. The zero-order valence-corrected chi connectivity index (χ0v) is 40.2. The minimum absolute atomic E-state index is 0. The normalized spacial score (nSPS) is 11.3. The monoisotopic (exact) mass is 968 g/mol. The Morgan fingerprint density at radius 3 is 1.19 bits per heavy atom. The number of methoxy groups -OCH3 is 2. The van der Waals surface area contributed by atoms with Gasteiger partial charge in [0.05, 0.1) is 35.5 Å². The minimum atomic E-state index is -3.50. The van der Waals surface area contributed by atoms with E-state index in [0.29, 0.717) is 22.1 Å². The number of phenolic OH excluding ortho intramolecular Hbond substituents is 4. The molecule has 0 atom stereocenters. The summed E-state index contributed by atoms with van der Waals surface area (Å²) in [5.74, 6) is -1.07. The summed E-state index contributed by atoms with van der Waals surface area (Å²) < 4.78 is 57.9. The second-order valence-electron chi connectivity index (χ2n) is 13.2. The summed E-state index contributed by atoms with van der Waals surface area (Å²) in [5, 5.41) is 59.3. The van der Waals surface area contributed by atoms with Crippen LogP contribution in [0.1, 0.15) is 13.8 Å². The third-order valence-electron chi connectivity index (χ3n) is 9.47. The van der Waals surface area contributed by atoms with Crippen LogP contribution in [0.5, 0.6) is 23.0 Å². The number of carbonyl (C=O) groups excluding carboxylic acids is 2. The van der Waals surface area contributed by atoms with Crippen LogP contribution < -0.4 is 39.4 Å². The van der Waals surface area contributed by atoms with Crippen molar-refractivity contribution in [3.8, 4) is 23.0 Å². The quantitative estimate of drug-likeness (QED) is 0.0868. The van der Waals surface area contributed by atoms with E-state index in [1.807, 2.05) is 0 Å². The number of carbonyl (C=O) groups is 2. The predicted molar refractivity (Wildman–Crippen MR) is 233 cm³/mol. The third-order valence-corrected chi connectivity index (χ3v) is 12.9. The summed E-state index contributed by atoms with van der Waals surface area (Å²) in [6, 6.07) is 23.9. The molecule has 22 heteroatoms. The molecule has 2 amide bonds. The van der Waals surface area contributed by atoms with Gasteiger partial charge >= 0.3 is 41.7 Å². The number of hydrogen-bond acceptors (Lipinski definition) is 16. The fourth-order valence-electron chi connectivity index (χ4n) is 5.77. The van der Waals surface area contributed by atoms with E-state index in [9.17, 15) is 46.9 Å². The minimum Gasteiger partial charge on any atom is -0.506 e. The van der Waals surface area contributed by atoms with Crippen molar-refractivity contribution in [1.82, 2.24) is 0 Å². The van der Waals surface area contributed by atoms with E-state index in [0.717, 1.165) is 10.8 Å². The standard InChI is InChI=1S/2C21H21N3O6S.Co.Na/c2*1-4-31(28,29)15-8-10-18(25)17(12-15)22-23-20-16-11-14(24(2)21(27)30-3)7-5-13(16)6-9-19(20)26;;/h2*5-12,25-26H,4H2,1-3H3;;/q;;;+1. The molecule has 0 fully saturated rings. The van der Waals surface area contributed by atoms with Gasteiger partial charge in [0.25, 0.3) is 0 Å². The Balaban J connectivity index is 0.000000330. The Morgan fingerprint density at radius 2 is 0.859 bits per heavy atom. The predicted octanol–water partition coefficient (Wildman–Crippen LogP) is 6.33. The van der Waals surface area contributed by atoms with Gasteiger partial charge in [-0.15, -0.1) is 20.5 Å². The van der Waals surface area contributed by atoms with Crippen LogP contribution in [0.3, 0.4) is 0 Å². The smallest absolute Gasteiger partial charge is 0.506 e. The van der Waals surface area contributed by atoms with Gasteiger partial charge in [-0.25, -0.2) is 26.4 Å². The number of aromatic hydroxyl groups is 4. The van der Waals surface area contributed by atoms with Crippen molar-refractivity contribution in [3.63, 3.8) is 0 Å². The second kappa shape index (κ2) is 22.2. The molecule has 6 aromatic carbocycles. The molecule has 0 saturated heterocycles. The zero-order valence-electron chi connectivity index (χ0n) is 35.5. The van der Waals surface area contributed by atoms with E-state index in [-0.39, 0.29) is 113 Å². The van der Waals surface area contributed by atoms with Crippen molar-refractivity contribution in [1.29, 1.82) is 0 Å². The Bertz CT molecular complexity index is 2790. The molecule has 0 aliphatic rings. The molecule has 18 nitrogen and oxygen atoms in total. The van der Waals surface area contributed by atoms with Crippen LogP contribution in [0.15, 0.2) is 127 Å². The Kier molecular flexibility index (Phi) is 18.2. The van der Waals surface area contributed by atoms with Gasteiger partial charge in [-0.1, -0.05) is 38.1 Å². The average molecular weight is 969 g/mol. The zero-order chi connectivity index (χ0) is 45.5. The van der Waals surface area contributed by atoms with Crippen molar-refractivity contribution in [3.05, 3.63) is 97.1 Å². The molecule has 0 bridgehead atoms. The molecule has 1 radical (unpaired) electrons. The topological polar surface area (TPSA) is 258 Å². The van der Waals surface area contributed by atoms with Gasteiger partial charge in [0.15, 0.2) is 19.7 Å². The van der Waals surface area contributed by atoms with E-state index in [1.54, 1.807) is 48.5 Å². The molecular weight excluding hydrogens is 927 g/mol. The van der Waals surface area contributed by atoms with Gasteiger partial charge in [0.1, 0.15) is 45.7 Å². The number of rotatable bonds is 10. The van der Waals surface area contributed by atoms with E-state index < -0.39 is 31.9 Å². The fourth-order valence-corrected chi connectivity index (χ4v) is 7.57. The molecule has 6 aromatic rings. The van der Waals surface area contributed by atoms with Gasteiger partial charge in [-0.3, -0.25) is 9.80 Å². The van der Waals surface area contributed by atoms with Crippen LogP contribution in [-0.4, -0.2) is 89.3 Å². The molecule has 0 heterocycles. The number of fused-ring (bicyclic) bond motifs is 2. The first-order valence-corrected chi connectivity index (χ1v) is 21.8. The fraction of sp³-hybridized carbons (Fsp3) is 0.190. The summed E-state index contributed by atoms with van der Waals surface area (Å²) in [5.41, 5.74) is 1.07. The second-order valence-corrected chi connectivity index (χ2v) is 17.8. The number of ether oxygens (including phenoxy) is 2. The third kappa shape index (κ3) is 11.8. The van der Waals surface area contributed by atoms with Crippen molar-refractivity contribution in [2.24, 2.45) is 20.5 Å². The summed E-state index contributed by atoms with van der Waals surface area (Å²) in [6.07, 6.45) is -1.14. The van der Waals surface area contributed by atoms with Crippen LogP contribution in [0.25, 0.3) is 21.5 Å². The van der Waals surface area contributed by atoms with Crippen molar-refractivity contribution in [2.75, 3.05) is 49.6 Å². The Labute approximate surface area is 401 Å². The first kappa shape index (κ1) is 52.5. The Hall–Kier alpha value is -5.81. The van der Waals surface area contributed by atoms with Crippen molar-refractivity contribution in [2.45, 2.75) is 23.6 Å². The molecule has 0 aromatic heterocycles. The molecule has 0 unspecified atom stereocenters.